The molecule has 3 aromatic rings. The smallest absolute Gasteiger partial charge is 0.249 e. The lowest BCUT2D eigenvalue weighted by molar-refractivity contribution is 0.100. The summed E-state index contributed by atoms with van der Waals surface area (Å²) in [6, 6.07) is 15.6. The van der Waals surface area contributed by atoms with Crippen LogP contribution in [0.2, 0.25) is 0 Å². The van der Waals surface area contributed by atoms with Gasteiger partial charge in [-0.25, -0.2) is 0 Å². The van der Waals surface area contributed by atoms with Crippen molar-refractivity contribution in [3.63, 3.8) is 0 Å². The van der Waals surface area contributed by atoms with E-state index in [0.717, 1.165) is 12.0 Å². The normalized spacial score (nSPS) is 10.7. The van der Waals surface area contributed by atoms with Crippen LogP contribution in [0, 0.1) is 0 Å². The van der Waals surface area contributed by atoms with Gasteiger partial charge in [0.15, 0.2) is 0 Å². The van der Waals surface area contributed by atoms with Crippen molar-refractivity contribution in [3.05, 3.63) is 71.6 Å². The largest absolute Gasteiger partial charge is 0.423 e. The highest BCUT2D eigenvalue weighted by Gasteiger charge is 2.14. The van der Waals surface area contributed by atoms with E-state index in [1.54, 1.807) is 12.1 Å². The summed E-state index contributed by atoms with van der Waals surface area (Å²) in [7, 11) is 0. The van der Waals surface area contributed by atoms with Crippen LogP contribution in [0.1, 0.15) is 21.5 Å². The van der Waals surface area contributed by atoms with Gasteiger partial charge in [-0.1, -0.05) is 36.4 Å². The molecule has 0 atom stereocenters. The molecule has 3 rings (SSSR count). The second kappa shape index (κ2) is 8.21. The number of amides is 1. The number of primary amides is 1. The Morgan fingerprint density at radius 3 is 2.48 bits per heavy atom. The summed E-state index contributed by atoms with van der Waals surface area (Å²) >= 11 is 0. The van der Waals surface area contributed by atoms with Crippen molar-refractivity contribution < 1.29 is 13.9 Å². The van der Waals surface area contributed by atoms with E-state index in [0.29, 0.717) is 30.8 Å². The van der Waals surface area contributed by atoms with Crippen molar-refractivity contribution in [3.8, 4) is 11.5 Å². The van der Waals surface area contributed by atoms with E-state index in [1.807, 2.05) is 24.3 Å². The van der Waals surface area contributed by atoms with Crippen molar-refractivity contribution in [2.24, 2.45) is 5.73 Å². The number of carbonyl (C=O) groups excluding carboxylic acids is 1. The second-order valence-corrected chi connectivity index (χ2v) is 5.59. The van der Waals surface area contributed by atoms with Crippen LogP contribution in [0.4, 0.5) is 0 Å². The average Bonchev–Trinajstić information content (AvgIpc) is 3.16. The van der Waals surface area contributed by atoms with Gasteiger partial charge in [0.1, 0.15) is 0 Å². The molecule has 1 aromatic heterocycles. The zero-order valence-electron chi connectivity index (χ0n) is 13.7. The van der Waals surface area contributed by atoms with Crippen LogP contribution in [0.15, 0.2) is 59.3 Å². The Morgan fingerprint density at radius 1 is 1.04 bits per heavy atom. The third kappa shape index (κ3) is 4.51. The molecule has 0 radical (unpaired) electrons. The Bertz CT molecular complexity index is 817. The topological polar surface area (TPSA) is 91.2 Å². The highest BCUT2D eigenvalue weighted by molar-refractivity contribution is 5.99. The van der Waals surface area contributed by atoms with E-state index in [4.69, 9.17) is 14.9 Å². The lowest BCUT2D eigenvalue weighted by Crippen LogP contribution is -2.13. The minimum atomic E-state index is -0.528. The monoisotopic (exact) mass is 337 g/mol. The number of hydrogen-bond acceptors (Lipinski definition) is 5. The van der Waals surface area contributed by atoms with Gasteiger partial charge in [-0.3, -0.25) is 4.79 Å². The maximum absolute atomic E-state index is 11.7. The van der Waals surface area contributed by atoms with Crippen LogP contribution in [-0.2, 0) is 17.6 Å². The van der Waals surface area contributed by atoms with Crippen LogP contribution in [0.25, 0.3) is 11.5 Å². The maximum Gasteiger partial charge on any atom is 0.249 e. The number of ether oxygens (including phenoxy) is 1. The molecule has 0 unspecified atom stereocenters. The van der Waals surface area contributed by atoms with E-state index < -0.39 is 5.91 Å². The molecule has 25 heavy (non-hydrogen) atoms. The van der Waals surface area contributed by atoms with Crippen molar-refractivity contribution in [1.82, 2.24) is 10.2 Å². The predicted octanol–water partition coefficient (Wildman–Crippen LogP) is 2.64. The summed E-state index contributed by atoms with van der Waals surface area (Å²) in [4.78, 5) is 11.7. The van der Waals surface area contributed by atoms with Gasteiger partial charge in [-0.2, -0.15) is 0 Å². The van der Waals surface area contributed by atoms with Crippen LogP contribution in [-0.4, -0.2) is 29.3 Å². The Morgan fingerprint density at radius 2 is 1.80 bits per heavy atom. The van der Waals surface area contributed by atoms with Gasteiger partial charge in [0, 0.05) is 0 Å². The van der Waals surface area contributed by atoms with Gasteiger partial charge in [0.25, 0.3) is 0 Å². The number of rotatable bonds is 8. The van der Waals surface area contributed by atoms with E-state index in [1.165, 1.54) is 12.0 Å². The van der Waals surface area contributed by atoms with Gasteiger partial charge in [-0.05, 0) is 36.1 Å². The van der Waals surface area contributed by atoms with Crippen molar-refractivity contribution >= 4 is 5.91 Å². The van der Waals surface area contributed by atoms with E-state index in [-0.39, 0.29) is 5.89 Å². The van der Waals surface area contributed by atoms with Crippen LogP contribution in [0.5, 0.6) is 0 Å². The molecule has 0 fully saturated rings. The fourth-order valence-corrected chi connectivity index (χ4v) is 2.55. The lowest BCUT2D eigenvalue weighted by atomic mass is 10.0. The Kier molecular flexibility index (Phi) is 5.53. The molecule has 1 amide bonds. The molecule has 1 heterocycles. The van der Waals surface area contributed by atoms with Crippen LogP contribution >= 0.6 is 0 Å². The molecular formula is C19H19N3O3. The Labute approximate surface area is 145 Å². The molecule has 128 valence electrons. The van der Waals surface area contributed by atoms with Gasteiger partial charge >= 0.3 is 0 Å². The van der Waals surface area contributed by atoms with Gasteiger partial charge < -0.3 is 14.9 Å². The summed E-state index contributed by atoms with van der Waals surface area (Å²) in [5.41, 5.74) is 8.60. The number of aromatic nitrogens is 2. The molecule has 0 aliphatic heterocycles. The third-order valence-electron chi connectivity index (χ3n) is 3.85. The fraction of sp³-hybridized carbons (Fsp3) is 0.211. The molecule has 0 aliphatic carbocycles. The highest BCUT2D eigenvalue weighted by Crippen LogP contribution is 2.22. The minimum Gasteiger partial charge on any atom is -0.423 e. The molecular weight excluding hydrogens is 318 g/mol. The zero-order chi connectivity index (χ0) is 17.5. The minimum absolute atomic E-state index is 0.277. The first-order chi connectivity index (χ1) is 12.2. The van der Waals surface area contributed by atoms with Gasteiger partial charge in [0.2, 0.25) is 18.2 Å². The predicted molar refractivity (Wildman–Crippen MR) is 92.9 cm³/mol. The van der Waals surface area contributed by atoms with E-state index >= 15 is 0 Å². The van der Waals surface area contributed by atoms with E-state index in [2.05, 4.69) is 22.3 Å². The quantitative estimate of drug-likeness (QED) is 0.638. The summed E-state index contributed by atoms with van der Waals surface area (Å²) in [6.07, 6.45) is 2.79. The average molecular weight is 337 g/mol. The Hall–Kier alpha value is -2.99. The first-order valence-corrected chi connectivity index (χ1v) is 8.05. The van der Waals surface area contributed by atoms with E-state index in [9.17, 15) is 4.79 Å². The number of nitrogens with two attached hydrogens (primary N) is 1. The van der Waals surface area contributed by atoms with Crippen molar-refractivity contribution in [2.75, 3.05) is 13.2 Å². The summed E-state index contributed by atoms with van der Waals surface area (Å²) in [5.74, 6) is -0.250. The zero-order valence-corrected chi connectivity index (χ0v) is 13.7. The lowest BCUT2D eigenvalue weighted by Gasteiger charge is -2.08. The van der Waals surface area contributed by atoms with Crippen LogP contribution in [0.3, 0.4) is 0 Å². The van der Waals surface area contributed by atoms with Crippen molar-refractivity contribution in [1.29, 1.82) is 0 Å². The van der Waals surface area contributed by atoms with Crippen molar-refractivity contribution in [2.45, 2.75) is 12.8 Å². The summed E-state index contributed by atoms with van der Waals surface area (Å²) < 4.78 is 10.8. The molecule has 0 spiro atoms. The summed E-state index contributed by atoms with van der Waals surface area (Å²) in [5, 5.41) is 7.45. The Balaban J connectivity index is 1.56. The standard InChI is InChI=1S/C19H19N3O3/c20-18(23)17-12-15(6-7-16(17)19-22-21-13-25-19)9-11-24-10-8-14-4-2-1-3-5-14/h1-7,12-13H,8-11H2,(H2,20,23). The molecule has 0 aliphatic rings. The molecule has 6 nitrogen and oxygen atoms in total. The molecule has 0 bridgehead atoms. The third-order valence-corrected chi connectivity index (χ3v) is 3.85. The molecule has 0 saturated heterocycles. The molecule has 2 aromatic carbocycles. The first kappa shape index (κ1) is 16.9. The van der Waals surface area contributed by atoms with Crippen LogP contribution < -0.4 is 5.73 Å². The van der Waals surface area contributed by atoms with Gasteiger partial charge in [-0.15, -0.1) is 10.2 Å². The number of benzene rings is 2. The highest BCUT2D eigenvalue weighted by atomic mass is 16.5. The molecule has 0 saturated carbocycles. The second-order valence-electron chi connectivity index (χ2n) is 5.59. The fourth-order valence-electron chi connectivity index (χ4n) is 2.55. The number of carbonyl (C=O) groups is 1. The summed E-state index contributed by atoms with van der Waals surface area (Å²) in [6.45, 7) is 1.23. The van der Waals surface area contributed by atoms with Gasteiger partial charge in [0.05, 0.1) is 24.3 Å². The maximum atomic E-state index is 11.7. The molecule has 6 heteroatoms. The molecule has 2 N–H and O–H groups in total. The number of hydrogen-bond donors (Lipinski definition) is 1. The number of nitrogens with zero attached hydrogens (tertiary/aromatic N) is 2. The SMILES string of the molecule is NC(=O)c1cc(CCOCCc2ccccc2)ccc1-c1nnco1. The first-order valence-electron chi connectivity index (χ1n) is 8.05.